The molecule has 2 amide bonds. The predicted molar refractivity (Wildman–Crippen MR) is 87.8 cm³/mol. The minimum atomic E-state index is -0.169. The van der Waals surface area contributed by atoms with E-state index in [-0.39, 0.29) is 17.9 Å². The number of likely N-dealkylation sites (tertiary alicyclic amines) is 1. The normalized spacial score (nSPS) is 15.7. The third kappa shape index (κ3) is 3.50. The maximum atomic E-state index is 12.3. The number of H-pyrrole nitrogens is 1. The number of amides is 2. The van der Waals surface area contributed by atoms with E-state index in [1.807, 2.05) is 13.8 Å². The van der Waals surface area contributed by atoms with Gasteiger partial charge in [-0.25, -0.2) is 0 Å². The van der Waals surface area contributed by atoms with Crippen molar-refractivity contribution in [2.45, 2.75) is 38.6 Å². The highest BCUT2D eigenvalue weighted by atomic mass is 16.3. The van der Waals surface area contributed by atoms with Gasteiger partial charge in [-0.15, -0.1) is 0 Å². The molecule has 0 radical (unpaired) electrons. The Morgan fingerprint density at radius 3 is 2.71 bits per heavy atom. The van der Waals surface area contributed by atoms with Gasteiger partial charge < -0.3 is 14.6 Å². The fourth-order valence-electron chi connectivity index (χ4n) is 2.80. The van der Waals surface area contributed by atoms with Crippen LogP contribution in [0.2, 0.25) is 0 Å². The van der Waals surface area contributed by atoms with Gasteiger partial charge in [0.05, 0.1) is 11.8 Å². The van der Waals surface area contributed by atoms with E-state index >= 15 is 0 Å². The molecule has 3 rings (SSSR count). The highest BCUT2D eigenvalue weighted by Gasteiger charge is 2.25. The van der Waals surface area contributed by atoms with Gasteiger partial charge in [0.15, 0.2) is 0 Å². The number of hydrogen-bond donors (Lipinski definition) is 2. The lowest BCUT2D eigenvalue weighted by molar-refractivity contribution is 0.0697. The molecular formula is C17H22N4O3. The summed E-state index contributed by atoms with van der Waals surface area (Å²) < 4.78 is 4.95. The van der Waals surface area contributed by atoms with Gasteiger partial charge in [-0.2, -0.15) is 5.10 Å². The summed E-state index contributed by atoms with van der Waals surface area (Å²) in [6, 6.07) is 3.52. The molecule has 0 unspecified atom stereocenters. The van der Waals surface area contributed by atoms with Gasteiger partial charge in [-0.3, -0.25) is 14.7 Å². The van der Waals surface area contributed by atoms with Crippen molar-refractivity contribution in [3.63, 3.8) is 0 Å². The van der Waals surface area contributed by atoms with Crippen LogP contribution in [0.1, 0.15) is 59.1 Å². The fraction of sp³-hybridized carbons (Fsp3) is 0.471. The summed E-state index contributed by atoms with van der Waals surface area (Å²) in [4.78, 5) is 26.3. The van der Waals surface area contributed by atoms with Crippen molar-refractivity contribution < 1.29 is 14.0 Å². The van der Waals surface area contributed by atoms with Crippen LogP contribution in [-0.2, 0) is 0 Å². The second-order valence-electron chi connectivity index (χ2n) is 6.42. The maximum absolute atomic E-state index is 12.3. The second-order valence-corrected chi connectivity index (χ2v) is 6.42. The summed E-state index contributed by atoms with van der Waals surface area (Å²) in [5.74, 6) is 0.108. The van der Waals surface area contributed by atoms with E-state index in [1.165, 1.54) is 12.5 Å². The molecule has 7 heteroatoms. The molecule has 0 spiro atoms. The first-order valence-corrected chi connectivity index (χ1v) is 8.22. The zero-order valence-electron chi connectivity index (χ0n) is 13.9. The van der Waals surface area contributed by atoms with Crippen molar-refractivity contribution in [3.05, 3.63) is 41.6 Å². The molecule has 128 valence electrons. The summed E-state index contributed by atoms with van der Waals surface area (Å²) in [7, 11) is 0. The van der Waals surface area contributed by atoms with E-state index in [0.29, 0.717) is 30.3 Å². The molecule has 2 aromatic heterocycles. The van der Waals surface area contributed by atoms with Crippen LogP contribution >= 0.6 is 0 Å². The van der Waals surface area contributed by atoms with Crippen molar-refractivity contribution in [1.29, 1.82) is 0 Å². The van der Waals surface area contributed by atoms with E-state index in [1.54, 1.807) is 17.0 Å². The van der Waals surface area contributed by atoms with Gasteiger partial charge in [0.2, 0.25) is 0 Å². The lowest BCUT2D eigenvalue weighted by Gasteiger charge is -2.32. The molecule has 3 heterocycles. The van der Waals surface area contributed by atoms with Crippen LogP contribution in [-0.4, -0.2) is 46.0 Å². The van der Waals surface area contributed by atoms with E-state index in [4.69, 9.17) is 4.42 Å². The Bertz CT molecular complexity index is 697. The van der Waals surface area contributed by atoms with Gasteiger partial charge in [-0.1, -0.05) is 13.8 Å². The Balaban J connectivity index is 1.51. The van der Waals surface area contributed by atoms with Crippen LogP contribution in [0.25, 0.3) is 0 Å². The minimum Gasteiger partial charge on any atom is -0.472 e. The number of carbonyl (C=O) groups is 2. The maximum Gasteiger partial charge on any atom is 0.271 e. The molecule has 1 aliphatic heterocycles. The fourth-order valence-corrected chi connectivity index (χ4v) is 2.80. The van der Waals surface area contributed by atoms with Crippen LogP contribution in [0.4, 0.5) is 0 Å². The average molecular weight is 330 g/mol. The summed E-state index contributed by atoms with van der Waals surface area (Å²) in [5.41, 5.74) is 1.92. The molecule has 0 bridgehead atoms. The largest absolute Gasteiger partial charge is 0.472 e. The standard InChI is InChI=1S/C17H22N4O3/c1-11(2)14-9-15(20-19-14)16(22)18-13-3-6-21(7-4-13)17(23)12-5-8-24-10-12/h5,8-11,13H,3-4,6-7H2,1-2H3,(H,18,22)(H,19,20). The molecule has 1 saturated heterocycles. The Kier molecular flexibility index (Phi) is 4.69. The summed E-state index contributed by atoms with van der Waals surface area (Å²) >= 11 is 0. The average Bonchev–Trinajstić information content (AvgIpc) is 3.26. The van der Waals surface area contributed by atoms with E-state index in [2.05, 4.69) is 15.5 Å². The quantitative estimate of drug-likeness (QED) is 0.898. The number of aromatic amines is 1. The molecule has 0 atom stereocenters. The van der Waals surface area contributed by atoms with Gasteiger partial charge in [0.1, 0.15) is 12.0 Å². The number of carbonyl (C=O) groups excluding carboxylic acids is 2. The predicted octanol–water partition coefficient (Wildman–Crippen LogP) is 2.16. The minimum absolute atomic E-state index is 0.0256. The highest BCUT2D eigenvalue weighted by Crippen LogP contribution is 2.16. The SMILES string of the molecule is CC(C)c1cc(C(=O)NC2CCN(C(=O)c3ccoc3)CC2)n[nH]1. The van der Waals surface area contributed by atoms with Gasteiger partial charge in [0, 0.05) is 24.8 Å². The molecule has 1 aliphatic rings. The van der Waals surface area contributed by atoms with Crippen LogP contribution in [0.5, 0.6) is 0 Å². The first-order valence-electron chi connectivity index (χ1n) is 8.22. The smallest absolute Gasteiger partial charge is 0.271 e. The van der Waals surface area contributed by atoms with Crippen molar-refractivity contribution in [2.24, 2.45) is 0 Å². The van der Waals surface area contributed by atoms with E-state index in [0.717, 1.165) is 18.5 Å². The van der Waals surface area contributed by atoms with Crippen molar-refractivity contribution in [2.75, 3.05) is 13.1 Å². The van der Waals surface area contributed by atoms with Crippen LogP contribution < -0.4 is 5.32 Å². The molecule has 2 aromatic rings. The van der Waals surface area contributed by atoms with Gasteiger partial charge >= 0.3 is 0 Å². The zero-order valence-corrected chi connectivity index (χ0v) is 13.9. The summed E-state index contributed by atoms with van der Waals surface area (Å²) in [6.45, 7) is 5.32. The Morgan fingerprint density at radius 2 is 2.12 bits per heavy atom. The third-order valence-corrected chi connectivity index (χ3v) is 4.34. The molecule has 24 heavy (non-hydrogen) atoms. The van der Waals surface area contributed by atoms with Crippen molar-refractivity contribution in [3.8, 4) is 0 Å². The zero-order chi connectivity index (χ0) is 17.1. The van der Waals surface area contributed by atoms with Crippen molar-refractivity contribution >= 4 is 11.8 Å². The summed E-state index contributed by atoms with van der Waals surface area (Å²) in [5, 5.41) is 9.96. The van der Waals surface area contributed by atoms with E-state index in [9.17, 15) is 9.59 Å². The monoisotopic (exact) mass is 330 g/mol. The van der Waals surface area contributed by atoms with Crippen LogP contribution in [0, 0.1) is 0 Å². The number of rotatable bonds is 4. The van der Waals surface area contributed by atoms with Crippen LogP contribution in [0.3, 0.4) is 0 Å². The lowest BCUT2D eigenvalue weighted by atomic mass is 10.0. The van der Waals surface area contributed by atoms with Crippen LogP contribution in [0.15, 0.2) is 29.1 Å². The summed E-state index contributed by atoms with van der Waals surface area (Å²) in [6.07, 6.45) is 4.42. The number of aromatic nitrogens is 2. The molecule has 1 fully saturated rings. The number of hydrogen-bond acceptors (Lipinski definition) is 4. The molecular weight excluding hydrogens is 308 g/mol. The van der Waals surface area contributed by atoms with Crippen molar-refractivity contribution in [1.82, 2.24) is 20.4 Å². The Labute approximate surface area is 140 Å². The first kappa shape index (κ1) is 16.3. The molecule has 0 aromatic carbocycles. The molecule has 0 aliphatic carbocycles. The number of furan rings is 1. The molecule has 7 nitrogen and oxygen atoms in total. The Hall–Kier alpha value is -2.57. The van der Waals surface area contributed by atoms with E-state index < -0.39 is 0 Å². The topological polar surface area (TPSA) is 91.2 Å². The molecule has 0 saturated carbocycles. The lowest BCUT2D eigenvalue weighted by Crippen LogP contribution is -2.46. The number of piperidine rings is 1. The van der Waals surface area contributed by atoms with Gasteiger partial charge in [0.25, 0.3) is 11.8 Å². The first-order chi connectivity index (χ1) is 11.5. The number of nitrogens with one attached hydrogen (secondary N) is 2. The highest BCUT2D eigenvalue weighted by molar-refractivity contribution is 5.94. The molecule has 2 N–H and O–H groups in total. The number of nitrogens with zero attached hydrogens (tertiary/aromatic N) is 2. The van der Waals surface area contributed by atoms with Gasteiger partial charge in [-0.05, 0) is 30.9 Å². The Morgan fingerprint density at radius 1 is 1.38 bits per heavy atom. The third-order valence-electron chi connectivity index (χ3n) is 4.34. The second kappa shape index (κ2) is 6.90.